The first kappa shape index (κ1) is 10.4. The summed E-state index contributed by atoms with van der Waals surface area (Å²) in [6, 6.07) is 0. The van der Waals surface area contributed by atoms with E-state index >= 15 is 0 Å². The van der Waals surface area contributed by atoms with Crippen molar-refractivity contribution in [3.63, 3.8) is 0 Å². The second-order valence-corrected chi connectivity index (χ2v) is 3.22. The molecule has 2 N–H and O–H groups in total. The van der Waals surface area contributed by atoms with Gasteiger partial charge in [-0.3, -0.25) is 14.7 Å². The number of rotatable bonds is 3. The second kappa shape index (κ2) is 3.99. The number of hydrogen-bond donors (Lipinski definition) is 2. The summed E-state index contributed by atoms with van der Waals surface area (Å²) < 4.78 is 0. The smallest absolute Gasteiger partial charge is 0.317 e. The lowest BCUT2D eigenvalue weighted by atomic mass is 10.4. The Morgan fingerprint density at radius 2 is 2.46 bits per heavy atom. The minimum absolute atomic E-state index is 0.0628. The number of nitrogens with zero attached hydrogens (tertiary/aromatic N) is 2. The third kappa shape index (κ3) is 2.15. The molecule has 2 atom stereocenters. The molecular weight excluding hydrogens is 190 g/mol. The van der Waals surface area contributed by atoms with Crippen LogP contribution < -0.4 is 5.43 Å². The van der Waals surface area contributed by atoms with Crippen LogP contribution in [0.15, 0.2) is 12.8 Å². The largest absolute Gasteiger partial charge is 0.757 e. The van der Waals surface area contributed by atoms with Gasteiger partial charge in [0.15, 0.2) is 0 Å². The molecule has 6 heteroatoms. The predicted molar refractivity (Wildman–Crippen MR) is 50.1 cm³/mol. The quantitative estimate of drug-likeness (QED) is 0.603. The fourth-order valence-electron chi connectivity index (χ4n) is 1.24. The van der Waals surface area contributed by atoms with Gasteiger partial charge in [0.25, 0.3) is 0 Å². The van der Waals surface area contributed by atoms with E-state index in [0.29, 0.717) is 0 Å². The Morgan fingerprint density at radius 3 is 2.85 bits per heavy atom. The van der Waals surface area contributed by atoms with Crippen LogP contribution in [-0.4, -0.2) is 39.2 Å². The number of nitrogens with one attached hydrogen (secondary N) is 1. The Labute approximate surface area is 82.4 Å². The van der Waals surface area contributed by atoms with E-state index < -0.39 is 5.97 Å². The molecular formula is C7H12N3O2S-. The summed E-state index contributed by atoms with van der Waals surface area (Å²) in [4.78, 5) is 12.1. The SMILES string of the molecule is C=CN1NC([S-])N(CC(=O)O)C1C. The van der Waals surface area contributed by atoms with E-state index in [2.05, 4.69) is 12.0 Å². The highest BCUT2D eigenvalue weighted by atomic mass is 32.1. The van der Waals surface area contributed by atoms with Gasteiger partial charge in [-0.25, -0.2) is 5.43 Å². The van der Waals surface area contributed by atoms with E-state index in [4.69, 9.17) is 17.7 Å². The molecule has 74 valence electrons. The van der Waals surface area contributed by atoms with Crippen LogP contribution in [0.2, 0.25) is 0 Å². The van der Waals surface area contributed by atoms with E-state index in [0.717, 1.165) is 0 Å². The molecule has 2 unspecified atom stereocenters. The van der Waals surface area contributed by atoms with Crippen LogP contribution in [0.5, 0.6) is 0 Å². The van der Waals surface area contributed by atoms with E-state index in [1.165, 1.54) is 0 Å². The molecule has 1 rings (SSSR count). The zero-order chi connectivity index (χ0) is 10.0. The molecule has 1 fully saturated rings. The molecule has 0 aromatic heterocycles. The summed E-state index contributed by atoms with van der Waals surface area (Å²) in [5.41, 5.74) is 2.52. The normalized spacial score (nSPS) is 29.2. The minimum Gasteiger partial charge on any atom is -0.757 e. The number of hydrogen-bond acceptors (Lipinski definition) is 5. The zero-order valence-corrected chi connectivity index (χ0v) is 8.12. The van der Waals surface area contributed by atoms with Gasteiger partial charge < -0.3 is 17.7 Å². The van der Waals surface area contributed by atoms with Crippen LogP contribution in [0, 0.1) is 0 Å². The summed E-state index contributed by atoms with van der Waals surface area (Å²) in [7, 11) is 0. The average Bonchev–Trinajstić information content (AvgIpc) is 2.31. The number of carboxylic acid groups (broad SMARTS) is 1. The Balaban J connectivity index is 2.63. The molecule has 0 aromatic rings. The van der Waals surface area contributed by atoms with Gasteiger partial charge in [-0.15, -0.1) is 0 Å². The van der Waals surface area contributed by atoms with Crippen molar-refractivity contribution in [3.05, 3.63) is 12.8 Å². The standard InChI is InChI=1S/C7H13N3O2S/c1-3-10-5(2)9(4-6(11)12)7(13)8-10/h3,5,7-8,13H,1,4H2,2H3,(H,11,12)/p-1. The summed E-state index contributed by atoms with van der Waals surface area (Å²) >= 11 is 5.02. The summed E-state index contributed by atoms with van der Waals surface area (Å²) in [6.45, 7) is 5.39. The third-order valence-corrected chi connectivity index (χ3v) is 2.33. The van der Waals surface area contributed by atoms with Crippen molar-refractivity contribution < 1.29 is 9.90 Å². The molecule has 1 aliphatic rings. The van der Waals surface area contributed by atoms with Gasteiger partial charge in [-0.05, 0) is 12.4 Å². The van der Waals surface area contributed by atoms with E-state index in [9.17, 15) is 4.79 Å². The van der Waals surface area contributed by atoms with Crippen LogP contribution in [0.4, 0.5) is 0 Å². The number of carboxylic acids is 1. The average molecular weight is 202 g/mol. The number of hydrazine groups is 1. The van der Waals surface area contributed by atoms with Gasteiger partial charge in [0.2, 0.25) is 0 Å². The Morgan fingerprint density at radius 1 is 1.85 bits per heavy atom. The maximum atomic E-state index is 10.5. The molecule has 5 nitrogen and oxygen atoms in total. The van der Waals surface area contributed by atoms with Crippen LogP contribution in [0.3, 0.4) is 0 Å². The van der Waals surface area contributed by atoms with Crippen molar-refractivity contribution in [3.8, 4) is 0 Å². The van der Waals surface area contributed by atoms with E-state index in [-0.39, 0.29) is 18.2 Å². The second-order valence-electron chi connectivity index (χ2n) is 2.77. The lowest BCUT2D eigenvalue weighted by Crippen LogP contribution is -2.40. The molecule has 0 saturated carbocycles. The molecule has 0 bridgehead atoms. The topological polar surface area (TPSA) is 55.8 Å². The van der Waals surface area contributed by atoms with Crippen molar-refractivity contribution >= 4 is 18.6 Å². The maximum absolute atomic E-state index is 10.5. The van der Waals surface area contributed by atoms with Gasteiger partial charge in [0.05, 0.1) is 12.7 Å². The van der Waals surface area contributed by atoms with Crippen molar-refractivity contribution in [1.82, 2.24) is 15.3 Å². The number of aliphatic carboxylic acids is 1. The van der Waals surface area contributed by atoms with Gasteiger partial charge in [0, 0.05) is 6.20 Å². The first-order valence-electron chi connectivity index (χ1n) is 3.86. The lowest BCUT2D eigenvalue weighted by molar-refractivity contribution is -0.138. The van der Waals surface area contributed by atoms with Crippen LogP contribution in [0.1, 0.15) is 6.92 Å². The van der Waals surface area contributed by atoms with Crippen LogP contribution >= 0.6 is 0 Å². The fraction of sp³-hybridized carbons (Fsp3) is 0.571. The Hall–Kier alpha value is -0.720. The molecule has 13 heavy (non-hydrogen) atoms. The molecule has 0 amide bonds. The number of carbonyl (C=O) groups is 1. The molecule has 1 aliphatic heterocycles. The van der Waals surface area contributed by atoms with Gasteiger partial charge >= 0.3 is 5.97 Å². The summed E-state index contributed by atoms with van der Waals surface area (Å²) in [5, 5.41) is 10.3. The van der Waals surface area contributed by atoms with Crippen molar-refractivity contribution in [2.24, 2.45) is 0 Å². The lowest BCUT2D eigenvalue weighted by Gasteiger charge is -2.28. The first-order chi connectivity index (χ1) is 6.06. The van der Waals surface area contributed by atoms with Gasteiger partial charge in [0.1, 0.15) is 0 Å². The molecule has 0 spiro atoms. The Bertz CT molecular complexity index is 224. The summed E-state index contributed by atoms with van der Waals surface area (Å²) in [6.07, 6.45) is 1.52. The van der Waals surface area contributed by atoms with Gasteiger partial charge in [-0.1, -0.05) is 6.58 Å². The van der Waals surface area contributed by atoms with Crippen molar-refractivity contribution in [1.29, 1.82) is 0 Å². The highest BCUT2D eigenvalue weighted by Crippen LogP contribution is 2.14. The summed E-state index contributed by atoms with van der Waals surface area (Å²) in [5.74, 6) is -0.880. The highest BCUT2D eigenvalue weighted by Gasteiger charge is 2.28. The fourth-order valence-corrected chi connectivity index (χ4v) is 1.61. The predicted octanol–water partition coefficient (Wildman–Crippen LogP) is -0.487. The van der Waals surface area contributed by atoms with E-state index in [1.807, 2.05) is 6.92 Å². The molecule has 0 aromatic carbocycles. The minimum atomic E-state index is -0.880. The monoisotopic (exact) mass is 202 g/mol. The maximum Gasteiger partial charge on any atom is 0.317 e. The zero-order valence-electron chi connectivity index (χ0n) is 7.30. The third-order valence-electron chi connectivity index (χ3n) is 1.96. The molecule has 1 saturated heterocycles. The van der Waals surface area contributed by atoms with Gasteiger partial charge in [-0.2, -0.15) is 0 Å². The highest BCUT2D eigenvalue weighted by molar-refractivity contribution is 7.59. The molecule has 0 radical (unpaired) electrons. The van der Waals surface area contributed by atoms with E-state index in [1.54, 1.807) is 16.1 Å². The van der Waals surface area contributed by atoms with Crippen molar-refractivity contribution in [2.45, 2.75) is 18.6 Å². The van der Waals surface area contributed by atoms with Crippen LogP contribution in [-0.2, 0) is 17.4 Å². The van der Waals surface area contributed by atoms with Crippen LogP contribution in [0.25, 0.3) is 0 Å². The molecule has 1 heterocycles. The molecule has 0 aliphatic carbocycles. The first-order valence-corrected chi connectivity index (χ1v) is 4.34. The Kier molecular flexibility index (Phi) is 3.18. The van der Waals surface area contributed by atoms with Crippen molar-refractivity contribution in [2.75, 3.05) is 6.54 Å².